The van der Waals surface area contributed by atoms with Crippen LogP contribution in [0.3, 0.4) is 0 Å². The van der Waals surface area contributed by atoms with Crippen LogP contribution in [0.15, 0.2) is 12.7 Å². The molecular weight excluding hydrogens is 178 g/mol. The van der Waals surface area contributed by atoms with Crippen LogP contribution < -0.4 is 4.72 Å². The Balaban J connectivity index is 3.17. The summed E-state index contributed by atoms with van der Waals surface area (Å²) in [6, 6.07) is 0. The first kappa shape index (κ1) is 11.6. The van der Waals surface area contributed by atoms with E-state index in [1.807, 2.05) is 0 Å². The van der Waals surface area contributed by atoms with Crippen molar-refractivity contribution in [3.05, 3.63) is 12.7 Å². The topological polar surface area (TPSA) is 55.4 Å². The van der Waals surface area contributed by atoms with Gasteiger partial charge in [0.25, 0.3) is 0 Å². The average molecular weight is 193 g/mol. The van der Waals surface area contributed by atoms with Gasteiger partial charge in [0, 0.05) is 6.54 Å². The molecule has 0 aromatic carbocycles. The Kier molecular flexibility index (Phi) is 5.96. The van der Waals surface area contributed by atoms with Gasteiger partial charge < -0.3 is 4.74 Å². The van der Waals surface area contributed by atoms with E-state index >= 15 is 0 Å². The fraction of sp³-hybridized carbons (Fsp3) is 0.714. The summed E-state index contributed by atoms with van der Waals surface area (Å²) < 4.78 is 28.5. The van der Waals surface area contributed by atoms with Crippen LogP contribution in [0.4, 0.5) is 0 Å². The van der Waals surface area contributed by atoms with Crippen molar-refractivity contribution in [1.82, 2.24) is 4.72 Å². The number of hydrogen-bond donors (Lipinski definition) is 1. The minimum absolute atomic E-state index is 0.329. The Bertz CT molecular complexity index is 211. The Labute approximate surface area is 73.7 Å². The number of hydrogen-bond acceptors (Lipinski definition) is 3. The lowest BCUT2D eigenvalue weighted by atomic mass is 10.5. The Morgan fingerprint density at radius 1 is 1.50 bits per heavy atom. The zero-order valence-electron chi connectivity index (χ0n) is 7.25. The monoisotopic (exact) mass is 193 g/mol. The quantitative estimate of drug-likeness (QED) is 0.462. The van der Waals surface area contributed by atoms with Gasteiger partial charge in [0.05, 0.1) is 19.5 Å². The van der Waals surface area contributed by atoms with E-state index in [1.165, 1.54) is 0 Å². The Hall–Kier alpha value is -0.390. The highest BCUT2D eigenvalue weighted by atomic mass is 32.2. The third-order valence-corrected chi connectivity index (χ3v) is 1.81. The second kappa shape index (κ2) is 6.16. The van der Waals surface area contributed by atoms with E-state index in [0.29, 0.717) is 19.8 Å². The molecule has 0 rings (SSSR count). The van der Waals surface area contributed by atoms with Gasteiger partial charge in [-0.2, -0.15) is 0 Å². The molecule has 0 atom stereocenters. The lowest BCUT2D eigenvalue weighted by molar-refractivity contribution is 0.144. The van der Waals surface area contributed by atoms with Crippen LogP contribution in [-0.2, 0) is 14.8 Å². The molecule has 0 radical (unpaired) electrons. The summed E-state index contributed by atoms with van der Waals surface area (Å²) >= 11 is 0. The molecule has 0 saturated carbocycles. The number of ether oxygens (including phenoxy) is 1. The van der Waals surface area contributed by atoms with E-state index in [2.05, 4.69) is 11.3 Å². The summed E-state index contributed by atoms with van der Waals surface area (Å²) in [6.45, 7) is 4.85. The molecule has 0 amide bonds. The van der Waals surface area contributed by atoms with E-state index < -0.39 is 10.0 Å². The highest BCUT2D eigenvalue weighted by Crippen LogP contribution is 1.82. The van der Waals surface area contributed by atoms with Crippen LogP contribution in [0.2, 0.25) is 0 Å². The van der Waals surface area contributed by atoms with Crippen molar-refractivity contribution in [2.24, 2.45) is 0 Å². The lowest BCUT2D eigenvalue weighted by Crippen LogP contribution is -2.26. The summed E-state index contributed by atoms with van der Waals surface area (Å²) in [5.74, 6) is 0. The summed E-state index contributed by atoms with van der Waals surface area (Å²) in [4.78, 5) is 0. The Morgan fingerprint density at radius 2 is 2.17 bits per heavy atom. The first-order valence-electron chi connectivity index (χ1n) is 3.69. The molecule has 0 bridgehead atoms. The van der Waals surface area contributed by atoms with Crippen LogP contribution in [0.1, 0.15) is 6.42 Å². The highest BCUT2D eigenvalue weighted by molar-refractivity contribution is 7.88. The fourth-order valence-electron chi connectivity index (χ4n) is 0.568. The zero-order chi connectivity index (χ0) is 9.45. The van der Waals surface area contributed by atoms with Crippen molar-refractivity contribution in [3.63, 3.8) is 0 Å². The van der Waals surface area contributed by atoms with E-state index in [0.717, 1.165) is 12.7 Å². The molecule has 0 fully saturated rings. The minimum Gasteiger partial charge on any atom is -0.380 e. The normalized spacial score (nSPS) is 11.4. The van der Waals surface area contributed by atoms with Crippen LogP contribution in [0.5, 0.6) is 0 Å². The first-order chi connectivity index (χ1) is 5.56. The standard InChI is InChI=1S/C7H15NO3S/c1-3-4-6-11-7-5-8-12(2,9)10/h3,8H,1,4-7H2,2H3. The smallest absolute Gasteiger partial charge is 0.208 e. The van der Waals surface area contributed by atoms with Crippen molar-refractivity contribution < 1.29 is 13.2 Å². The average Bonchev–Trinajstić information content (AvgIpc) is 1.94. The maximum Gasteiger partial charge on any atom is 0.208 e. The van der Waals surface area contributed by atoms with Crippen LogP contribution in [0, 0.1) is 0 Å². The molecule has 0 aromatic heterocycles. The van der Waals surface area contributed by atoms with Gasteiger partial charge in [-0.1, -0.05) is 6.08 Å². The summed E-state index contributed by atoms with van der Waals surface area (Å²) in [7, 11) is -3.07. The lowest BCUT2D eigenvalue weighted by Gasteiger charge is -2.02. The zero-order valence-corrected chi connectivity index (χ0v) is 8.06. The van der Waals surface area contributed by atoms with Crippen LogP contribution in [0.25, 0.3) is 0 Å². The van der Waals surface area contributed by atoms with Crippen molar-refractivity contribution >= 4 is 10.0 Å². The van der Waals surface area contributed by atoms with E-state index in [-0.39, 0.29) is 0 Å². The van der Waals surface area contributed by atoms with E-state index in [4.69, 9.17) is 4.74 Å². The summed E-state index contributed by atoms with van der Waals surface area (Å²) in [5.41, 5.74) is 0. The van der Waals surface area contributed by atoms with E-state index in [9.17, 15) is 8.42 Å². The predicted molar refractivity (Wildman–Crippen MR) is 48.5 cm³/mol. The molecule has 0 unspecified atom stereocenters. The molecule has 0 aliphatic rings. The SMILES string of the molecule is C=CCCOCCNS(C)(=O)=O. The van der Waals surface area contributed by atoms with Gasteiger partial charge in [0.2, 0.25) is 10.0 Å². The molecule has 0 aliphatic heterocycles. The molecule has 0 aromatic rings. The Morgan fingerprint density at radius 3 is 2.67 bits per heavy atom. The first-order valence-corrected chi connectivity index (χ1v) is 5.58. The number of nitrogens with one attached hydrogen (secondary N) is 1. The maximum absolute atomic E-state index is 10.5. The van der Waals surface area contributed by atoms with E-state index in [1.54, 1.807) is 6.08 Å². The van der Waals surface area contributed by atoms with Gasteiger partial charge in [0.15, 0.2) is 0 Å². The fourth-order valence-corrected chi connectivity index (χ4v) is 1.02. The van der Waals surface area contributed by atoms with Gasteiger partial charge in [0.1, 0.15) is 0 Å². The molecular formula is C7H15NO3S. The van der Waals surface area contributed by atoms with Crippen molar-refractivity contribution in [3.8, 4) is 0 Å². The van der Waals surface area contributed by atoms with Crippen LogP contribution >= 0.6 is 0 Å². The van der Waals surface area contributed by atoms with Crippen molar-refractivity contribution in [2.75, 3.05) is 26.0 Å². The second-order valence-electron chi connectivity index (χ2n) is 2.36. The molecule has 0 aliphatic carbocycles. The number of rotatable bonds is 7. The molecule has 12 heavy (non-hydrogen) atoms. The molecule has 5 heteroatoms. The minimum atomic E-state index is -3.07. The second-order valence-corrected chi connectivity index (χ2v) is 4.19. The summed E-state index contributed by atoms with van der Waals surface area (Å²) in [5, 5.41) is 0. The number of sulfonamides is 1. The molecule has 1 N–H and O–H groups in total. The molecule has 0 saturated heterocycles. The van der Waals surface area contributed by atoms with Crippen molar-refractivity contribution in [1.29, 1.82) is 0 Å². The van der Waals surface area contributed by atoms with Gasteiger partial charge in [-0.3, -0.25) is 0 Å². The van der Waals surface area contributed by atoms with Gasteiger partial charge in [-0.25, -0.2) is 13.1 Å². The largest absolute Gasteiger partial charge is 0.380 e. The predicted octanol–water partition coefficient (Wildman–Crippen LogP) is 0.128. The highest BCUT2D eigenvalue weighted by Gasteiger charge is 1.97. The van der Waals surface area contributed by atoms with Crippen molar-refractivity contribution in [2.45, 2.75) is 6.42 Å². The molecule has 0 heterocycles. The molecule has 4 nitrogen and oxygen atoms in total. The van der Waals surface area contributed by atoms with Gasteiger partial charge in [-0.15, -0.1) is 6.58 Å². The van der Waals surface area contributed by atoms with Crippen LogP contribution in [-0.4, -0.2) is 34.4 Å². The summed E-state index contributed by atoms with van der Waals surface area (Å²) in [6.07, 6.45) is 3.67. The maximum atomic E-state index is 10.5. The van der Waals surface area contributed by atoms with Gasteiger partial charge >= 0.3 is 0 Å². The third-order valence-electron chi connectivity index (χ3n) is 1.08. The van der Waals surface area contributed by atoms with Gasteiger partial charge in [-0.05, 0) is 6.42 Å². The third kappa shape index (κ3) is 9.61. The molecule has 72 valence electrons. The molecule has 0 spiro atoms.